The second kappa shape index (κ2) is 7.31. The van der Waals surface area contributed by atoms with Crippen molar-refractivity contribution < 1.29 is 0 Å². The van der Waals surface area contributed by atoms with Gasteiger partial charge in [-0.3, -0.25) is 0 Å². The third-order valence-corrected chi connectivity index (χ3v) is 9.99. The van der Waals surface area contributed by atoms with Crippen molar-refractivity contribution in [2.24, 2.45) is 0 Å². The Balaban J connectivity index is 1.40. The summed E-state index contributed by atoms with van der Waals surface area (Å²) in [7, 11) is 0. The van der Waals surface area contributed by atoms with Gasteiger partial charge in [-0.2, -0.15) is 0 Å². The van der Waals surface area contributed by atoms with Gasteiger partial charge in [0, 0.05) is 26.9 Å². The molecule has 0 saturated carbocycles. The molecule has 0 amide bonds. The molecule has 4 aliphatic heterocycles. The van der Waals surface area contributed by atoms with Crippen LogP contribution < -0.4 is 31.1 Å². The van der Waals surface area contributed by atoms with Gasteiger partial charge < -0.3 is 14.7 Å². The van der Waals surface area contributed by atoms with Gasteiger partial charge in [0.05, 0.1) is 22.7 Å². The summed E-state index contributed by atoms with van der Waals surface area (Å²) >= 11 is 1.90. The summed E-state index contributed by atoms with van der Waals surface area (Å²) in [6.07, 6.45) is 0. The van der Waals surface area contributed by atoms with E-state index in [4.69, 9.17) is 0 Å². The molecule has 5 heteroatoms. The number of para-hydroxylation sites is 4. The van der Waals surface area contributed by atoms with Crippen molar-refractivity contribution in [1.29, 1.82) is 0 Å². The van der Waals surface area contributed by atoms with Gasteiger partial charge in [0.15, 0.2) is 0 Å². The van der Waals surface area contributed by atoms with Crippen molar-refractivity contribution >= 4 is 74.7 Å². The van der Waals surface area contributed by atoms with Crippen molar-refractivity contribution in [3.63, 3.8) is 0 Å². The van der Waals surface area contributed by atoms with E-state index in [0.717, 1.165) is 0 Å². The SMILES string of the molecule is Cc1cc2c3c(c1)N1c4c(cccc4N(c4ccccc4)C1(C)C)B3c1cccc3c1N2c1ccccc1S3. The number of nitrogens with zero attached hydrogens (tertiary/aromatic N) is 3. The Labute approximate surface area is 233 Å². The average molecular weight is 519 g/mol. The molecule has 39 heavy (non-hydrogen) atoms. The number of hydrogen-bond acceptors (Lipinski definition) is 4. The number of aryl methyl sites for hydroxylation is 1. The first kappa shape index (κ1) is 21.8. The quantitative estimate of drug-likeness (QED) is 0.214. The predicted octanol–water partition coefficient (Wildman–Crippen LogP) is 7.10. The molecule has 0 N–H and O–H groups in total. The van der Waals surface area contributed by atoms with Crippen molar-refractivity contribution in [1.82, 2.24) is 0 Å². The molecule has 5 aromatic carbocycles. The second-order valence-corrected chi connectivity index (χ2v) is 12.5. The summed E-state index contributed by atoms with van der Waals surface area (Å²) in [6, 6.07) is 38.4. The number of benzene rings is 5. The van der Waals surface area contributed by atoms with E-state index >= 15 is 0 Å². The Morgan fingerprint density at radius 3 is 2.13 bits per heavy atom. The van der Waals surface area contributed by atoms with Crippen LogP contribution in [0.4, 0.5) is 39.8 Å². The lowest BCUT2D eigenvalue weighted by Crippen LogP contribution is -2.63. The Hall–Kier alpha value is -4.09. The maximum absolute atomic E-state index is 2.62. The topological polar surface area (TPSA) is 9.72 Å². The predicted molar refractivity (Wildman–Crippen MR) is 166 cm³/mol. The van der Waals surface area contributed by atoms with Crippen LogP contribution in [0.25, 0.3) is 0 Å². The summed E-state index contributed by atoms with van der Waals surface area (Å²) in [5, 5.41) is 0. The van der Waals surface area contributed by atoms with Crippen LogP contribution in [-0.4, -0.2) is 12.4 Å². The van der Waals surface area contributed by atoms with E-state index in [0.29, 0.717) is 0 Å². The van der Waals surface area contributed by atoms with Gasteiger partial charge >= 0.3 is 0 Å². The first-order valence-corrected chi connectivity index (χ1v) is 14.5. The molecule has 0 aromatic heterocycles. The van der Waals surface area contributed by atoms with Crippen LogP contribution in [0.1, 0.15) is 19.4 Å². The highest BCUT2D eigenvalue weighted by Gasteiger charge is 2.53. The highest BCUT2D eigenvalue weighted by molar-refractivity contribution is 7.99. The zero-order valence-electron chi connectivity index (χ0n) is 22.1. The van der Waals surface area contributed by atoms with Gasteiger partial charge in [-0.05, 0) is 91.3 Å². The van der Waals surface area contributed by atoms with Crippen LogP contribution in [0.15, 0.2) is 113 Å². The van der Waals surface area contributed by atoms with Gasteiger partial charge in [0.1, 0.15) is 5.66 Å². The lowest BCUT2D eigenvalue weighted by molar-refractivity contribution is 0.541. The molecule has 0 radical (unpaired) electrons. The van der Waals surface area contributed by atoms with E-state index in [1.807, 2.05) is 11.8 Å². The Bertz CT molecular complexity index is 1860. The molecular formula is C34H26BN3S. The second-order valence-electron chi connectivity index (χ2n) is 11.5. The largest absolute Gasteiger partial charge is 0.317 e. The van der Waals surface area contributed by atoms with Gasteiger partial charge in [0.25, 0.3) is 6.71 Å². The molecular weight excluding hydrogens is 493 g/mol. The maximum atomic E-state index is 2.62. The first-order chi connectivity index (χ1) is 19.0. The van der Waals surface area contributed by atoms with E-state index in [1.54, 1.807) is 0 Å². The highest BCUT2D eigenvalue weighted by atomic mass is 32.2. The monoisotopic (exact) mass is 519 g/mol. The van der Waals surface area contributed by atoms with Crippen molar-refractivity contribution in [3.05, 3.63) is 109 Å². The lowest BCUT2D eigenvalue weighted by atomic mass is 9.33. The van der Waals surface area contributed by atoms with Gasteiger partial charge in [-0.25, -0.2) is 0 Å². The third-order valence-electron chi connectivity index (χ3n) is 8.87. The summed E-state index contributed by atoms with van der Waals surface area (Å²) in [6.45, 7) is 7.16. The molecule has 0 unspecified atom stereocenters. The minimum atomic E-state index is -0.288. The molecule has 0 fully saturated rings. The fourth-order valence-corrected chi connectivity index (χ4v) is 8.64. The standard InChI is InChI=1S/C34H26BN3S/c1-21-19-27-31-28(20-21)38-32-23(13-9-16-26(32)37(34(38,2)3)22-11-5-4-6-12-22)35(31)24-14-10-18-30-33(24)36(27)25-15-7-8-17-29(25)39-30/h4-20H,1-3H3. The van der Waals surface area contributed by atoms with Crippen LogP contribution in [-0.2, 0) is 0 Å². The van der Waals surface area contributed by atoms with Crippen LogP contribution >= 0.6 is 11.8 Å². The molecule has 0 bridgehead atoms. The number of fused-ring (bicyclic) bond motifs is 6. The summed E-state index contributed by atoms with van der Waals surface area (Å²) in [5.74, 6) is 0. The van der Waals surface area contributed by atoms with E-state index in [9.17, 15) is 0 Å². The third kappa shape index (κ3) is 2.62. The van der Waals surface area contributed by atoms with Crippen LogP contribution in [0.2, 0.25) is 0 Å². The first-order valence-electron chi connectivity index (χ1n) is 13.7. The highest BCUT2D eigenvalue weighted by Crippen LogP contribution is 2.57. The van der Waals surface area contributed by atoms with Gasteiger partial charge in [-0.15, -0.1) is 0 Å². The molecule has 5 aromatic rings. The molecule has 4 heterocycles. The smallest absolute Gasteiger partial charge is 0.252 e. The van der Waals surface area contributed by atoms with Gasteiger partial charge in [0.2, 0.25) is 0 Å². The number of rotatable bonds is 1. The molecule has 0 spiro atoms. The van der Waals surface area contributed by atoms with Gasteiger partial charge in [-0.1, -0.05) is 66.4 Å². The van der Waals surface area contributed by atoms with Crippen LogP contribution in [0.5, 0.6) is 0 Å². The van der Waals surface area contributed by atoms with E-state index in [1.165, 1.54) is 71.6 Å². The molecule has 0 atom stereocenters. The molecule has 9 rings (SSSR count). The minimum Gasteiger partial charge on any atom is -0.317 e. The number of anilines is 7. The van der Waals surface area contributed by atoms with E-state index in [2.05, 4.69) is 139 Å². The Morgan fingerprint density at radius 2 is 1.28 bits per heavy atom. The average Bonchev–Trinajstić information content (AvgIpc) is 3.19. The normalized spacial score (nSPS) is 16.5. The zero-order valence-corrected chi connectivity index (χ0v) is 23.0. The summed E-state index contributed by atoms with van der Waals surface area (Å²) in [5.41, 5.74) is 14.3. The van der Waals surface area contributed by atoms with E-state index < -0.39 is 0 Å². The molecule has 0 saturated heterocycles. The van der Waals surface area contributed by atoms with Crippen LogP contribution in [0, 0.1) is 6.92 Å². The van der Waals surface area contributed by atoms with E-state index in [-0.39, 0.29) is 12.4 Å². The van der Waals surface area contributed by atoms with Crippen LogP contribution in [0.3, 0.4) is 0 Å². The van der Waals surface area contributed by atoms with Crippen molar-refractivity contribution in [2.75, 3.05) is 14.7 Å². The molecule has 4 aliphatic rings. The minimum absolute atomic E-state index is 0.186. The summed E-state index contributed by atoms with van der Waals surface area (Å²) in [4.78, 5) is 10.3. The Kier molecular flexibility index (Phi) is 4.09. The molecule has 3 nitrogen and oxygen atoms in total. The Morgan fingerprint density at radius 1 is 0.615 bits per heavy atom. The molecule has 0 aliphatic carbocycles. The fourth-order valence-electron chi connectivity index (χ4n) is 7.54. The lowest BCUT2D eigenvalue weighted by Gasteiger charge is -2.48. The maximum Gasteiger partial charge on any atom is 0.252 e. The van der Waals surface area contributed by atoms with Crippen molar-refractivity contribution in [3.8, 4) is 0 Å². The molecule has 186 valence electrons. The fraction of sp³-hybridized carbons (Fsp3) is 0.118. The van der Waals surface area contributed by atoms with Crippen molar-refractivity contribution in [2.45, 2.75) is 36.2 Å². The zero-order chi connectivity index (χ0) is 26.0. The number of hydrogen-bond donors (Lipinski definition) is 0. The summed E-state index contributed by atoms with van der Waals surface area (Å²) < 4.78 is 0.